The number of aromatic nitrogens is 1. The molecular weight excluding hydrogens is 713 g/mol. The van der Waals surface area contributed by atoms with E-state index in [9.17, 15) is 0 Å². The fraction of sp³-hybridized carbons (Fsp3) is 0.0526. The Kier molecular flexibility index (Phi) is 8.20. The number of rotatable bonds is 7. The van der Waals surface area contributed by atoms with Crippen LogP contribution in [0.25, 0.3) is 72.0 Å². The van der Waals surface area contributed by atoms with Crippen molar-refractivity contribution >= 4 is 38.7 Å². The lowest BCUT2D eigenvalue weighted by molar-refractivity contribution is 0.660. The Labute approximate surface area is 345 Å². The van der Waals surface area contributed by atoms with Gasteiger partial charge in [0, 0.05) is 44.7 Å². The molecule has 0 saturated heterocycles. The van der Waals surface area contributed by atoms with Crippen molar-refractivity contribution in [3.63, 3.8) is 0 Å². The number of para-hydroxylation sites is 2. The Balaban J connectivity index is 1.10. The van der Waals surface area contributed by atoms with E-state index >= 15 is 0 Å². The van der Waals surface area contributed by atoms with E-state index in [2.05, 4.69) is 242 Å². The van der Waals surface area contributed by atoms with Crippen LogP contribution in [0.2, 0.25) is 0 Å². The van der Waals surface area contributed by atoms with Gasteiger partial charge in [0.1, 0.15) is 0 Å². The first-order valence-electron chi connectivity index (χ1n) is 20.5. The molecule has 0 bridgehead atoms. The second-order valence-electron chi connectivity index (χ2n) is 16.1. The number of fused-ring (bicyclic) bond motifs is 5. The van der Waals surface area contributed by atoms with Crippen LogP contribution in [0, 0.1) is 0 Å². The Morgan fingerprint density at radius 3 is 1.69 bits per heavy atom. The van der Waals surface area contributed by atoms with Crippen LogP contribution in [0.15, 0.2) is 218 Å². The van der Waals surface area contributed by atoms with Crippen molar-refractivity contribution < 1.29 is 0 Å². The van der Waals surface area contributed by atoms with Gasteiger partial charge in [-0.25, -0.2) is 0 Å². The van der Waals surface area contributed by atoms with Crippen LogP contribution in [-0.2, 0) is 5.41 Å². The van der Waals surface area contributed by atoms with E-state index in [0.29, 0.717) is 0 Å². The average molecular weight is 755 g/mol. The molecule has 10 aromatic rings. The van der Waals surface area contributed by atoms with Crippen LogP contribution < -0.4 is 4.90 Å². The minimum absolute atomic E-state index is 0.111. The molecule has 1 aliphatic carbocycles. The Morgan fingerprint density at radius 2 is 0.932 bits per heavy atom. The van der Waals surface area contributed by atoms with Gasteiger partial charge in [-0.3, -0.25) is 0 Å². The van der Waals surface area contributed by atoms with Crippen LogP contribution in [0.4, 0.5) is 17.1 Å². The molecule has 0 aliphatic heterocycles. The lowest BCUT2D eigenvalue weighted by Crippen LogP contribution is -2.16. The molecule has 2 heteroatoms. The highest BCUT2D eigenvalue weighted by atomic mass is 15.1. The van der Waals surface area contributed by atoms with Gasteiger partial charge in [0.25, 0.3) is 0 Å². The molecule has 1 aromatic heterocycles. The highest BCUT2D eigenvalue weighted by Gasteiger charge is 2.35. The van der Waals surface area contributed by atoms with E-state index in [1.165, 1.54) is 77.4 Å². The van der Waals surface area contributed by atoms with Crippen LogP contribution in [0.5, 0.6) is 0 Å². The van der Waals surface area contributed by atoms with Crippen molar-refractivity contribution in [1.82, 2.24) is 4.57 Å². The van der Waals surface area contributed by atoms with Gasteiger partial charge in [0.2, 0.25) is 0 Å². The molecule has 0 radical (unpaired) electrons. The van der Waals surface area contributed by atoms with Crippen molar-refractivity contribution in [3.8, 4) is 50.3 Å². The second-order valence-corrected chi connectivity index (χ2v) is 16.1. The van der Waals surface area contributed by atoms with E-state index in [1.54, 1.807) is 0 Å². The topological polar surface area (TPSA) is 8.17 Å². The minimum atomic E-state index is -0.111. The summed E-state index contributed by atoms with van der Waals surface area (Å²) < 4.78 is 2.45. The third kappa shape index (κ3) is 5.71. The molecule has 0 fully saturated rings. The summed E-state index contributed by atoms with van der Waals surface area (Å²) in [7, 11) is 0. The third-order valence-corrected chi connectivity index (χ3v) is 12.4. The number of anilines is 3. The lowest BCUT2D eigenvalue weighted by Gasteiger charge is -2.28. The van der Waals surface area contributed by atoms with Crippen molar-refractivity contribution in [2.75, 3.05) is 4.90 Å². The predicted octanol–water partition coefficient (Wildman–Crippen LogP) is 15.6. The number of nitrogens with zero attached hydrogens (tertiary/aromatic N) is 2. The molecule has 2 nitrogen and oxygen atoms in total. The zero-order valence-electron chi connectivity index (χ0n) is 33.2. The van der Waals surface area contributed by atoms with E-state index in [-0.39, 0.29) is 5.41 Å². The molecule has 11 rings (SSSR count). The summed E-state index contributed by atoms with van der Waals surface area (Å²) in [4.78, 5) is 2.41. The third-order valence-electron chi connectivity index (χ3n) is 12.4. The van der Waals surface area contributed by atoms with Gasteiger partial charge in [-0.05, 0) is 104 Å². The lowest BCUT2D eigenvalue weighted by atomic mass is 9.82. The zero-order valence-corrected chi connectivity index (χ0v) is 33.2. The van der Waals surface area contributed by atoms with Gasteiger partial charge in [0.05, 0.1) is 11.2 Å². The molecule has 1 aliphatic rings. The molecule has 9 aromatic carbocycles. The van der Waals surface area contributed by atoms with E-state index in [0.717, 1.165) is 22.7 Å². The van der Waals surface area contributed by atoms with E-state index in [1.807, 2.05) is 0 Å². The van der Waals surface area contributed by atoms with Gasteiger partial charge in [0.15, 0.2) is 0 Å². The zero-order chi connectivity index (χ0) is 39.5. The van der Waals surface area contributed by atoms with Crippen molar-refractivity contribution in [1.29, 1.82) is 0 Å². The molecule has 59 heavy (non-hydrogen) atoms. The van der Waals surface area contributed by atoms with Crippen LogP contribution in [0.1, 0.15) is 25.0 Å². The summed E-state index contributed by atoms with van der Waals surface area (Å²) in [6.07, 6.45) is 0. The van der Waals surface area contributed by atoms with Crippen LogP contribution in [0.3, 0.4) is 0 Å². The maximum absolute atomic E-state index is 2.45. The standard InChI is InChI=1S/C57H42N2/c1-57(2)52-26-13-11-23-48(52)49-37-36-46(38-53(49)57)58(44-32-28-40(29-33-44)39-16-5-3-6-17-39)45-34-30-42(31-35-45)55-51-24-12-14-27-54(51)59(43-20-7-4-8-21-43)56(55)50-25-15-19-41-18-9-10-22-47(41)50/h3-38H,1-2H3. The maximum Gasteiger partial charge on any atom is 0.0625 e. The summed E-state index contributed by atoms with van der Waals surface area (Å²) in [5.74, 6) is 0. The second kappa shape index (κ2) is 13.9. The molecule has 1 heterocycles. The molecule has 0 unspecified atom stereocenters. The normalized spacial score (nSPS) is 12.7. The van der Waals surface area contributed by atoms with Crippen molar-refractivity contribution in [3.05, 3.63) is 230 Å². The monoisotopic (exact) mass is 754 g/mol. The summed E-state index contributed by atoms with van der Waals surface area (Å²) in [6, 6.07) is 79.8. The van der Waals surface area contributed by atoms with Crippen LogP contribution >= 0.6 is 0 Å². The van der Waals surface area contributed by atoms with E-state index < -0.39 is 0 Å². The highest BCUT2D eigenvalue weighted by molar-refractivity contribution is 6.10. The van der Waals surface area contributed by atoms with Crippen molar-refractivity contribution in [2.24, 2.45) is 0 Å². The number of hydrogen-bond donors (Lipinski definition) is 0. The molecule has 0 atom stereocenters. The summed E-state index contributed by atoms with van der Waals surface area (Å²) in [5.41, 5.74) is 18.2. The van der Waals surface area contributed by atoms with Gasteiger partial charge >= 0.3 is 0 Å². The molecule has 0 amide bonds. The predicted molar refractivity (Wildman–Crippen MR) is 249 cm³/mol. The first kappa shape index (κ1) is 34.8. The molecule has 0 spiro atoms. The van der Waals surface area contributed by atoms with Crippen LogP contribution in [-0.4, -0.2) is 4.57 Å². The molecular formula is C57H42N2. The summed E-state index contributed by atoms with van der Waals surface area (Å²) in [5, 5.41) is 3.69. The SMILES string of the molecule is CC1(C)c2ccccc2-c2ccc(N(c3ccc(-c4ccccc4)cc3)c3ccc(-c4c(-c5cccc6ccccc56)n(-c5ccccc5)c5ccccc45)cc3)cc21. The maximum atomic E-state index is 2.45. The first-order valence-corrected chi connectivity index (χ1v) is 20.5. The Morgan fingerprint density at radius 1 is 0.390 bits per heavy atom. The minimum Gasteiger partial charge on any atom is -0.310 e. The van der Waals surface area contributed by atoms with Gasteiger partial charge in [-0.1, -0.05) is 178 Å². The summed E-state index contributed by atoms with van der Waals surface area (Å²) >= 11 is 0. The number of hydrogen-bond acceptors (Lipinski definition) is 1. The Hall–Kier alpha value is -7.42. The average Bonchev–Trinajstić information content (AvgIpc) is 3.76. The van der Waals surface area contributed by atoms with Gasteiger partial charge in [-0.2, -0.15) is 0 Å². The van der Waals surface area contributed by atoms with Crippen molar-refractivity contribution in [2.45, 2.75) is 19.3 Å². The fourth-order valence-corrected chi connectivity index (χ4v) is 9.55. The van der Waals surface area contributed by atoms with E-state index in [4.69, 9.17) is 0 Å². The largest absolute Gasteiger partial charge is 0.310 e. The highest BCUT2D eigenvalue weighted by Crippen LogP contribution is 2.51. The Bertz CT molecular complexity index is 3150. The fourth-order valence-electron chi connectivity index (χ4n) is 9.55. The van der Waals surface area contributed by atoms with Gasteiger partial charge in [-0.15, -0.1) is 0 Å². The molecule has 0 saturated carbocycles. The van der Waals surface area contributed by atoms with Gasteiger partial charge < -0.3 is 9.47 Å². The smallest absolute Gasteiger partial charge is 0.0625 e. The summed E-state index contributed by atoms with van der Waals surface area (Å²) in [6.45, 7) is 4.71. The number of benzene rings is 9. The molecule has 280 valence electrons. The molecule has 0 N–H and O–H groups in total. The first-order chi connectivity index (χ1) is 29.0. The quantitative estimate of drug-likeness (QED) is 0.157.